The molecule has 3 aliphatic rings. The van der Waals surface area contributed by atoms with Crippen molar-refractivity contribution in [2.75, 3.05) is 12.0 Å². The zero-order valence-electron chi connectivity index (χ0n) is 16.6. The molecule has 1 aromatic carbocycles. The zero-order chi connectivity index (χ0) is 20.7. The number of rotatable bonds is 4. The minimum atomic E-state index is -0.998. The topological polar surface area (TPSA) is 96.4 Å². The Kier molecular flexibility index (Phi) is 5.10. The Morgan fingerprint density at radius 3 is 2.55 bits per heavy atom. The van der Waals surface area contributed by atoms with Gasteiger partial charge in [0.2, 0.25) is 0 Å². The van der Waals surface area contributed by atoms with Crippen molar-refractivity contribution in [3.8, 4) is 0 Å². The van der Waals surface area contributed by atoms with Crippen molar-refractivity contribution in [3.05, 3.63) is 29.8 Å². The van der Waals surface area contributed by atoms with Crippen LogP contribution in [0.15, 0.2) is 24.3 Å². The molecule has 0 radical (unpaired) electrons. The third-order valence-electron chi connectivity index (χ3n) is 6.25. The van der Waals surface area contributed by atoms with Crippen molar-refractivity contribution in [2.24, 2.45) is 5.92 Å². The number of amides is 2. The number of methoxy groups -OCH3 is 1. The lowest BCUT2D eigenvalue weighted by molar-refractivity contribution is -0.150. The Labute approximate surface area is 169 Å². The molecular formula is C21H26N2O6. The number of benzene rings is 1. The Balaban J connectivity index is 1.72. The van der Waals surface area contributed by atoms with E-state index in [0.29, 0.717) is 5.69 Å². The van der Waals surface area contributed by atoms with E-state index in [-0.39, 0.29) is 24.0 Å². The molecule has 2 aliphatic carbocycles. The SMILES string of the molecule is COC(=O)C(C)OC(=O)N(C1CC1)C1c2ccccc2N(C(=O)O)C2CCCC21. The summed E-state index contributed by atoms with van der Waals surface area (Å²) in [6, 6.07) is 7.01. The van der Waals surface area contributed by atoms with Gasteiger partial charge in [-0.15, -0.1) is 0 Å². The Bertz CT molecular complexity index is 823. The number of carboxylic acid groups (broad SMARTS) is 1. The van der Waals surface area contributed by atoms with Gasteiger partial charge in [0, 0.05) is 18.0 Å². The number of para-hydroxylation sites is 1. The normalized spacial score (nSPS) is 26.1. The molecule has 0 bridgehead atoms. The molecule has 8 nitrogen and oxygen atoms in total. The molecule has 1 aliphatic heterocycles. The van der Waals surface area contributed by atoms with E-state index in [2.05, 4.69) is 4.74 Å². The van der Waals surface area contributed by atoms with E-state index in [1.165, 1.54) is 18.9 Å². The number of ether oxygens (including phenoxy) is 2. The molecule has 1 heterocycles. The standard InChI is InChI=1S/C21H26N2O6/c1-12(19(24)28-2)29-21(27)22(13-10-11-13)18-14-6-3-4-8-16(14)23(20(25)26)17-9-5-7-15(17)18/h3-4,6,8,12-13,15,17-18H,5,7,9-11H2,1-2H3,(H,25,26). The van der Waals surface area contributed by atoms with Crippen LogP contribution in [0.25, 0.3) is 0 Å². The van der Waals surface area contributed by atoms with Crippen LogP contribution in [0.3, 0.4) is 0 Å². The van der Waals surface area contributed by atoms with Gasteiger partial charge in [0.25, 0.3) is 0 Å². The maximum absolute atomic E-state index is 13.1. The Morgan fingerprint density at radius 1 is 1.17 bits per heavy atom. The van der Waals surface area contributed by atoms with Crippen molar-refractivity contribution < 1.29 is 29.0 Å². The molecule has 1 aromatic rings. The molecule has 0 spiro atoms. The van der Waals surface area contributed by atoms with Gasteiger partial charge in [-0.05, 0) is 44.2 Å². The first-order valence-electron chi connectivity index (χ1n) is 10.1. The molecule has 29 heavy (non-hydrogen) atoms. The molecule has 4 atom stereocenters. The summed E-state index contributed by atoms with van der Waals surface area (Å²) < 4.78 is 10.1. The van der Waals surface area contributed by atoms with E-state index in [0.717, 1.165) is 37.7 Å². The van der Waals surface area contributed by atoms with Crippen LogP contribution in [0.4, 0.5) is 15.3 Å². The van der Waals surface area contributed by atoms with E-state index in [9.17, 15) is 19.5 Å². The first kappa shape index (κ1) is 19.5. The molecule has 4 unspecified atom stereocenters. The largest absolute Gasteiger partial charge is 0.466 e. The van der Waals surface area contributed by atoms with Crippen LogP contribution in [-0.2, 0) is 14.3 Å². The molecule has 0 aromatic heterocycles. The van der Waals surface area contributed by atoms with Crippen molar-refractivity contribution in [3.63, 3.8) is 0 Å². The number of anilines is 1. The molecule has 156 valence electrons. The highest BCUT2D eigenvalue weighted by atomic mass is 16.6. The summed E-state index contributed by atoms with van der Waals surface area (Å²) in [6.07, 6.45) is 1.77. The second-order valence-electron chi connectivity index (χ2n) is 8.01. The molecule has 2 amide bonds. The molecule has 1 N–H and O–H groups in total. The third-order valence-corrected chi connectivity index (χ3v) is 6.25. The fourth-order valence-corrected chi connectivity index (χ4v) is 4.89. The highest BCUT2D eigenvalue weighted by Crippen LogP contribution is 2.52. The van der Waals surface area contributed by atoms with Gasteiger partial charge in [0.15, 0.2) is 6.10 Å². The average Bonchev–Trinajstić information content (AvgIpc) is 3.42. The number of carbonyl (C=O) groups is 3. The van der Waals surface area contributed by atoms with E-state index in [4.69, 9.17) is 4.74 Å². The first-order chi connectivity index (χ1) is 13.9. The molecule has 0 saturated heterocycles. The molecular weight excluding hydrogens is 376 g/mol. The summed E-state index contributed by atoms with van der Waals surface area (Å²) >= 11 is 0. The van der Waals surface area contributed by atoms with Crippen LogP contribution >= 0.6 is 0 Å². The minimum Gasteiger partial charge on any atom is -0.466 e. The highest BCUT2D eigenvalue weighted by molar-refractivity contribution is 5.89. The maximum Gasteiger partial charge on any atom is 0.412 e. The molecule has 2 fully saturated rings. The smallest absolute Gasteiger partial charge is 0.412 e. The van der Waals surface area contributed by atoms with Crippen LogP contribution in [0, 0.1) is 5.92 Å². The van der Waals surface area contributed by atoms with Crippen molar-refractivity contribution in [2.45, 2.75) is 63.3 Å². The number of hydrogen-bond acceptors (Lipinski definition) is 5. The van der Waals surface area contributed by atoms with Crippen LogP contribution in [0.2, 0.25) is 0 Å². The number of hydrogen-bond donors (Lipinski definition) is 1. The molecule has 4 rings (SSSR count). The van der Waals surface area contributed by atoms with E-state index >= 15 is 0 Å². The van der Waals surface area contributed by atoms with E-state index in [1.807, 2.05) is 18.2 Å². The number of carbonyl (C=O) groups excluding carboxylic acids is 2. The van der Waals surface area contributed by atoms with Crippen LogP contribution < -0.4 is 4.90 Å². The Hall–Kier alpha value is -2.77. The van der Waals surface area contributed by atoms with Crippen molar-refractivity contribution in [1.82, 2.24) is 4.90 Å². The first-order valence-corrected chi connectivity index (χ1v) is 10.1. The summed E-state index contributed by atoms with van der Waals surface area (Å²) in [4.78, 5) is 40.1. The van der Waals surface area contributed by atoms with Gasteiger partial charge in [-0.1, -0.05) is 24.6 Å². The van der Waals surface area contributed by atoms with Crippen LogP contribution in [0.1, 0.15) is 50.6 Å². The fraction of sp³-hybridized carbons (Fsp3) is 0.571. The fourth-order valence-electron chi connectivity index (χ4n) is 4.89. The van der Waals surface area contributed by atoms with Crippen LogP contribution in [-0.4, -0.2) is 53.5 Å². The van der Waals surface area contributed by atoms with Crippen molar-refractivity contribution in [1.29, 1.82) is 0 Å². The predicted molar refractivity (Wildman–Crippen MR) is 104 cm³/mol. The quantitative estimate of drug-likeness (QED) is 0.774. The zero-order valence-corrected chi connectivity index (χ0v) is 16.6. The van der Waals surface area contributed by atoms with Gasteiger partial charge >= 0.3 is 18.2 Å². The summed E-state index contributed by atoms with van der Waals surface area (Å²) in [7, 11) is 1.26. The summed E-state index contributed by atoms with van der Waals surface area (Å²) in [6.45, 7) is 1.49. The lowest BCUT2D eigenvalue weighted by Crippen LogP contribution is -2.53. The maximum atomic E-state index is 13.1. The van der Waals surface area contributed by atoms with Gasteiger partial charge in [-0.25, -0.2) is 14.4 Å². The van der Waals surface area contributed by atoms with Gasteiger partial charge in [0.05, 0.1) is 18.8 Å². The number of fused-ring (bicyclic) bond motifs is 2. The second-order valence-corrected chi connectivity index (χ2v) is 8.01. The monoisotopic (exact) mass is 402 g/mol. The summed E-state index contributed by atoms with van der Waals surface area (Å²) in [5, 5.41) is 9.86. The second kappa shape index (κ2) is 7.57. The Morgan fingerprint density at radius 2 is 1.90 bits per heavy atom. The lowest BCUT2D eigenvalue weighted by Gasteiger charge is -2.46. The minimum absolute atomic E-state index is 0.00239. The lowest BCUT2D eigenvalue weighted by atomic mass is 9.82. The van der Waals surface area contributed by atoms with E-state index < -0.39 is 24.3 Å². The van der Waals surface area contributed by atoms with Crippen LogP contribution in [0.5, 0.6) is 0 Å². The summed E-state index contributed by atoms with van der Waals surface area (Å²) in [5.74, 6) is -0.600. The van der Waals surface area contributed by atoms with E-state index in [1.54, 1.807) is 11.0 Å². The van der Waals surface area contributed by atoms with Gasteiger partial charge in [-0.2, -0.15) is 0 Å². The average molecular weight is 402 g/mol. The van der Waals surface area contributed by atoms with Gasteiger partial charge in [-0.3, -0.25) is 9.80 Å². The predicted octanol–water partition coefficient (Wildman–Crippen LogP) is 3.56. The number of esters is 1. The molecule has 8 heteroatoms. The number of nitrogens with zero attached hydrogens (tertiary/aromatic N) is 2. The van der Waals surface area contributed by atoms with Gasteiger partial charge in [0.1, 0.15) is 0 Å². The van der Waals surface area contributed by atoms with Gasteiger partial charge < -0.3 is 14.6 Å². The third kappa shape index (κ3) is 3.41. The van der Waals surface area contributed by atoms with Crippen molar-refractivity contribution >= 4 is 23.8 Å². The molecule has 2 saturated carbocycles. The highest BCUT2D eigenvalue weighted by Gasteiger charge is 2.52. The summed E-state index contributed by atoms with van der Waals surface area (Å²) in [5.41, 5.74) is 1.46.